The lowest BCUT2D eigenvalue weighted by molar-refractivity contribution is -0.121. The van der Waals surface area contributed by atoms with Gasteiger partial charge in [-0.3, -0.25) is 4.79 Å². The fourth-order valence-electron chi connectivity index (χ4n) is 3.74. The lowest BCUT2D eigenvalue weighted by Crippen LogP contribution is -2.27. The van der Waals surface area contributed by atoms with Gasteiger partial charge in [0.25, 0.3) is 0 Å². The van der Waals surface area contributed by atoms with E-state index in [1.807, 2.05) is 6.07 Å². The first-order chi connectivity index (χ1) is 16.8. The number of unbranched alkanes of at least 4 members (excludes halogenated alkanes) is 3. The van der Waals surface area contributed by atoms with Crippen molar-refractivity contribution >= 4 is 11.6 Å². The van der Waals surface area contributed by atoms with E-state index < -0.39 is 0 Å². The van der Waals surface area contributed by atoms with Crippen LogP contribution in [-0.4, -0.2) is 51.7 Å². The van der Waals surface area contributed by atoms with Crippen LogP contribution >= 0.6 is 0 Å². The van der Waals surface area contributed by atoms with Gasteiger partial charge in [0.2, 0.25) is 5.91 Å². The number of nitrogens with two attached hydrogens (primary N) is 1. The zero-order valence-electron chi connectivity index (χ0n) is 20.8. The van der Waals surface area contributed by atoms with Crippen LogP contribution in [-0.2, 0) is 4.79 Å². The number of nitrogens with one attached hydrogen (secondary N) is 4. The molecule has 6 nitrogen and oxygen atoms in total. The van der Waals surface area contributed by atoms with Crippen LogP contribution in [0.2, 0.25) is 0 Å². The number of hydrogen-bond acceptors (Lipinski definition) is 5. The van der Waals surface area contributed by atoms with Crippen molar-refractivity contribution in [1.82, 2.24) is 16.0 Å². The molecule has 0 bridgehead atoms. The van der Waals surface area contributed by atoms with Gasteiger partial charge in [-0.2, -0.15) is 0 Å². The third-order valence-electron chi connectivity index (χ3n) is 5.77. The van der Waals surface area contributed by atoms with Crippen molar-refractivity contribution in [3.05, 3.63) is 54.6 Å². The summed E-state index contributed by atoms with van der Waals surface area (Å²) in [6.07, 6.45) is 8.08. The van der Waals surface area contributed by atoms with Crippen molar-refractivity contribution in [1.29, 1.82) is 0 Å². The van der Waals surface area contributed by atoms with Gasteiger partial charge in [-0.1, -0.05) is 48.9 Å². The molecule has 2 aromatic carbocycles. The average Bonchev–Trinajstić information content (AvgIpc) is 2.87. The molecule has 0 saturated carbocycles. The quantitative estimate of drug-likeness (QED) is 0.189. The Labute approximate surface area is 206 Å². The molecule has 0 unspecified atom stereocenters. The van der Waals surface area contributed by atoms with E-state index in [4.69, 9.17) is 5.73 Å². The van der Waals surface area contributed by atoms with Crippen molar-refractivity contribution in [3.8, 4) is 11.1 Å². The highest BCUT2D eigenvalue weighted by atomic mass is 16.1. The van der Waals surface area contributed by atoms with Crippen LogP contribution in [0, 0.1) is 0 Å². The van der Waals surface area contributed by atoms with Gasteiger partial charge in [-0.15, -0.1) is 0 Å². The molecular formula is C28H45N5O. The summed E-state index contributed by atoms with van der Waals surface area (Å²) in [5.74, 6) is 0.174. The van der Waals surface area contributed by atoms with Gasteiger partial charge in [0.1, 0.15) is 0 Å². The predicted molar refractivity (Wildman–Crippen MR) is 145 cm³/mol. The van der Waals surface area contributed by atoms with E-state index in [0.29, 0.717) is 6.42 Å². The molecule has 0 aromatic heterocycles. The molecule has 188 valence electrons. The Bertz CT molecular complexity index is 751. The number of benzene rings is 2. The summed E-state index contributed by atoms with van der Waals surface area (Å²) in [7, 11) is 0. The van der Waals surface area contributed by atoms with Crippen LogP contribution in [0.15, 0.2) is 54.6 Å². The number of hydrogen-bond donors (Lipinski definition) is 5. The number of rotatable bonds is 20. The number of anilines is 1. The summed E-state index contributed by atoms with van der Waals surface area (Å²) in [4.78, 5) is 12.0. The minimum Gasteiger partial charge on any atom is -0.385 e. The van der Waals surface area contributed by atoms with Gasteiger partial charge in [-0.05, 0) is 94.5 Å². The predicted octanol–water partition coefficient (Wildman–Crippen LogP) is 4.14. The van der Waals surface area contributed by atoms with Gasteiger partial charge >= 0.3 is 0 Å². The highest BCUT2D eigenvalue weighted by Gasteiger charge is 2.01. The van der Waals surface area contributed by atoms with Crippen molar-refractivity contribution < 1.29 is 4.79 Å². The summed E-state index contributed by atoms with van der Waals surface area (Å²) in [5.41, 5.74) is 9.08. The summed E-state index contributed by atoms with van der Waals surface area (Å²) in [6.45, 7) is 6.53. The van der Waals surface area contributed by atoms with Crippen LogP contribution in [0.1, 0.15) is 51.4 Å². The van der Waals surface area contributed by atoms with Crippen molar-refractivity contribution in [3.63, 3.8) is 0 Å². The molecule has 6 heteroatoms. The smallest absolute Gasteiger partial charge is 0.219 e. The average molecular weight is 468 g/mol. The Morgan fingerprint density at radius 1 is 0.618 bits per heavy atom. The first-order valence-electron chi connectivity index (χ1n) is 13.1. The second kappa shape index (κ2) is 19.0. The van der Waals surface area contributed by atoms with Gasteiger partial charge in [0, 0.05) is 25.2 Å². The van der Waals surface area contributed by atoms with Crippen molar-refractivity contribution in [2.45, 2.75) is 51.4 Å². The van der Waals surface area contributed by atoms with Gasteiger partial charge in [-0.25, -0.2) is 0 Å². The van der Waals surface area contributed by atoms with E-state index in [2.05, 4.69) is 69.8 Å². The van der Waals surface area contributed by atoms with E-state index >= 15 is 0 Å². The fraction of sp³-hybridized carbons (Fsp3) is 0.536. The number of carbonyl (C=O) groups excluding carboxylic acids is 1. The molecule has 0 aliphatic carbocycles. The molecule has 34 heavy (non-hydrogen) atoms. The molecule has 0 atom stereocenters. The molecule has 0 aliphatic rings. The van der Waals surface area contributed by atoms with E-state index in [-0.39, 0.29) is 5.91 Å². The molecule has 0 radical (unpaired) electrons. The summed E-state index contributed by atoms with van der Waals surface area (Å²) in [5, 5.41) is 13.3. The topological polar surface area (TPSA) is 91.2 Å². The monoisotopic (exact) mass is 467 g/mol. The Morgan fingerprint density at radius 2 is 1.24 bits per heavy atom. The van der Waals surface area contributed by atoms with Gasteiger partial charge < -0.3 is 27.0 Å². The molecule has 2 rings (SSSR count). The lowest BCUT2D eigenvalue weighted by Gasteiger charge is -2.09. The van der Waals surface area contributed by atoms with Crippen molar-refractivity contribution in [2.75, 3.05) is 51.1 Å². The normalized spacial score (nSPS) is 10.9. The van der Waals surface area contributed by atoms with Gasteiger partial charge in [0.05, 0.1) is 0 Å². The van der Waals surface area contributed by atoms with Crippen molar-refractivity contribution in [2.24, 2.45) is 5.73 Å². The van der Waals surface area contributed by atoms with E-state index in [9.17, 15) is 4.79 Å². The minimum absolute atomic E-state index is 0.174. The zero-order chi connectivity index (χ0) is 24.1. The fourth-order valence-corrected chi connectivity index (χ4v) is 3.74. The number of carbonyl (C=O) groups is 1. The molecule has 0 heterocycles. The highest BCUT2D eigenvalue weighted by Crippen LogP contribution is 2.21. The van der Waals surface area contributed by atoms with E-state index in [0.717, 1.165) is 83.6 Å². The Hall–Kier alpha value is -2.41. The summed E-state index contributed by atoms with van der Waals surface area (Å²) >= 11 is 0. The minimum atomic E-state index is 0.174. The molecule has 0 aliphatic heterocycles. The third-order valence-corrected chi connectivity index (χ3v) is 5.77. The van der Waals surface area contributed by atoms with Crippen LogP contribution in [0.3, 0.4) is 0 Å². The van der Waals surface area contributed by atoms with Crippen LogP contribution in [0.5, 0.6) is 0 Å². The maximum absolute atomic E-state index is 12.0. The molecule has 6 N–H and O–H groups in total. The second-order valence-corrected chi connectivity index (χ2v) is 8.73. The molecule has 0 spiro atoms. The first-order valence-corrected chi connectivity index (χ1v) is 13.1. The SMILES string of the molecule is NCCCNCCCCNCCCNC(=O)CCCCCNc1ccc(-c2ccccc2)cc1. The molecule has 0 saturated heterocycles. The maximum atomic E-state index is 12.0. The standard InChI is InChI=1S/C28H45N5O/c29-18-9-21-30-19-7-8-20-31-22-10-24-33-28(34)13-5-2-6-23-32-27-16-14-26(15-17-27)25-11-3-1-4-12-25/h1,3-4,11-12,14-17,30-32H,2,5-10,13,18-24,29H2,(H,33,34). The Morgan fingerprint density at radius 3 is 1.94 bits per heavy atom. The first kappa shape index (κ1) is 27.8. The van der Waals surface area contributed by atoms with E-state index in [1.165, 1.54) is 24.0 Å². The zero-order valence-corrected chi connectivity index (χ0v) is 20.8. The number of amides is 1. The second-order valence-electron chi connectivity index (χ2n) is 8.73. The maximum Gasteiger partial charge on any atom is 0.219 e. The Balaban J connectivity index is 1.37. The molecule has 0 fully saturated rings. The van der Waals surface area contributed by atoms with Gasteiger partial charge in [0.15, 0.2) is 0 Å². The van der Waals surface area contributed by atoms with Crippen LogP contribution in [0.25, 0.3) is 11.1 Å². The van der Waals surface area contributed by atoms with E-state index in [1.54, 1.807) is 0 Å². The molecule has 2 aromatic rings. The lowest BCUT2D eigenvalue weighted by atomic mass is 10.1. The molecular weight excluding hydrogens is 422 g/mol. The summed E-state index contributed by atoms with van der Waals surface area (Å²) < 4.78 is 0. The highest BCUT2D eigenvalue weighted by molar-refractivity contribution is 5.75. The largest absolute Gasteiger partial charge is 0.385 e. The Kier molecular flexibility index (Phi) is 15.5. The van der Waals surface area contributed by atoms with Crippen LogP contribution < -0.4 is 27.0 Å². The van der Waals surface area contributed by atoms with Crippen LogP contribution in [0.4, 0.5) is 5.69 Å². The molecule has 1 amide bonds. The summed E-state index contributed by atoms with van der Waals surface area (Å²) in [6, 6.07) is 19.0. The third kappa shape index (κ3) is 13.3.